The quantitative estimate of drug-likeness (QED) is 0.103. The highest BCUT2D eigenvalue weighted by atomic mass is 31.2. The molecule has 2 N–H and O–H groups in total. The number of esters is 2. The van der Waals surface area contributed by atoms with E-state index in [2.05, 4.69) is 0 Å². The predicted octanol–water partition coefficient (Wildman–Crippen LogP) is 15.2. The van der Waals surface area contributed by atoms with E-state index in [9.17, 15) is 9.79 Å². The lowest BCUT2D eigenvalue weighted by Crippen LogP contribution is -2.45. The Balaban J connectivity index is 1.16. The molecule has 28 aromatic carbocycles. The number of benzene rings is 18. The van der Waals surface area contributed by atoms with Crippen LogP contribution in [0, 0.1) is 5.41 Å². The minimum atomic E-state index is -5.57. The lowest BCUT2D eigenvalue weighted by Gasteiger charge is -2.32. The summed E-state index contributed by atoms with van der Waals surface area (Å²) in [5, 5.41) is 73.4. The Morgan fingerprint density at radius 1 is 0.297 bits per heavy atom. The lowest BCUT2D eigenvalue weighted by molar-refractivity contribution is -0.155. The van der Waals surface area contributed by atoms with Crippen LogP contribution in [-0.2, 0) is 34.5 Å². The zero-order valence-electron chi connectivity index (χ0n) is 37.5. The fourth-order valence-corrected chi connectivity index (χ4v) is 27.7. The van der Waals surface area contributed by atoms with E-state index < -0.39 is 41.4 Å². The Morgan fingerprint density at radius 3 is 0.568 bits per heavy atom. The number of ether oxygens (including phenoxy) is 2. The summed E-state index contributed by atoms with van der Waals surface area (Å²) in [6, 6.07) is 0. The second-order valence-electron chi connectivity index (χ2n) is 26.1. The van der Waals surface area contributed by atoms with Crippen molar-refractivity contribution < 1.29 is 33.4 Å². The highest BCUT2D eigenvalue weighted by Gasteiger charge is 3.01. The summed E-state index contributed by atoms with van der Waals surface area (Å²) in [6.07, 6.45) is 0. The van der Waals surface area contributed by atoms with Crippen molar-refractivity contribution in [3.63, 3.8) is 0 Å². The molecule has 1 fully saturated rings. The van der Waals surface area contributed by atoms with E-state index in [4.69, 9.17) is 9.47 Å². The maximum absolute atomic E-state index is 16.7. The molecule has 0 saturated heterocycles. The van der Waals surface area contributed by atoms with Crippen LogP contribution in [0.5, 0.6) is 0 Å². The van der Waals surface area contributed by atoms with E-state index in [1.165, 1.54) is 262 Å². The summed E-state index contributed by atoms with van der Waals surface area (Å²) in [6.45, 7) is 0. The largest absolute Gasteiger partial charge is 0.468 e. The molecule has 74 heavy (non-hydrogen) atoms. The number of rotatable bonds is 4. The first-order chi connectivity index (χ1) is 36.3. The molecule has 0 aliphatic heterocycles. The van der Waals surface area contributed by atoms with Gasteiger partial charge in [-0.2, -0.15) is 0 Å². The van der Waals surface area contributed by atoms with Crippen molar-refractivity contribution in [2.75, 3.05) is 14.2 Å². The van der Waals surface area contributed by atoms with E-state index in [0.717, 1.165) is 65.3 Å². The molecular weight excluding hydrogens is 936 g/mol. The summed E-state index contributed by atoms with van der Waals surface area (Å²) in [5.74, 6) is -1.79. The van der Waals surface area contributed by atoms with Crippen LogP contribution in [0.4, 0.5) is 0 Å². The van der Waals surface area contributed by atoms with Crippen LogP contribution in [0.1, 0.15) is 22.3 Å². The van der Waals surface area contributed by atoms with Gasteiger partial charge in [0.25, 0.3) is 0 Å². The van der Waals surface area contributed by atoms with Crippen LogP contribution < -0.4 is 0 Å². The van der Waals surface area contributed by atoms with Gasteiger partial charge in [-0.05, 0) is 313 Å². The zero-order valence-corrected chi connectivity index (χ0v) is 38.4. The van der Waals surface area contributed by atoms with Gasteiger partial charge in [0.2, 0.25) is 0 Å². The van der Waals surface area contributed by atoms with Crippen LogP contribution in [0.3, 0.4) is 0 Å². The van der Waals surface area contributed by atoms with Gasteiger partial charge in [-0.15, -0.1) is 0 Å². The summed E-state index contributed by atoms with van der Waals surface area (Å²) >= 11 is 0. The molecule has 5 aliphatic rings. The Kier molecular flexibility index (Phi) is 2.57. The minimum Gasteiger partial charge on any atom is -0.468 e. The Hall–Kier alpha value is -8.45. The van der Waals surface area contributed by atoms with E-state index >= 15 is 14.2 Å². The van der Waals surface area contributed by atoms with Crippen molar-refractivity contribution in [2.24, 2.45) is 5.41 Å². The Labute approximate surface area is 400 Å². The average Bonchev–Trinajstić information content (AvgIpc) is 1.94. The summed E-state index contributed by atoms with van der Waals surface area (Å²) in [7, 11) is -2.96. The molecule has 1 atom stereocenters. The molecule has 7 nitrogen and oxygen atoms in total. The second kappa shape index (κ2) is 6.48. The van der Waals surface area contributed by atoms with Gasteiger partial charge in [0, 0.05) is 0 Å². The lowest BCUT2D eigenvalue weighted by atomic mass is 9.68. The fraction of sp³-hybridized carbons (Fsp3) is 0.0909. The van der Waals surface area contributed by atoms with Crippen molar-refractivity contribution in [1.82, 2.24) is 0 Å². The summed E-state index contributed by atoms with van der Waals surface area (Å²) in [4.78, 5) is 56.9. The number of hydrogen-bond donors (Lipinski definition) is 2. The van der Waals surface area contributed by atoms with Crippen LogP contribution in [-0.4, -0.2) is 41.6 Å². The molecule has 33 rings (SSSR count). The molecule has 0 aromatic heterocycles. The van der Waals surface area contributed by atoms with Gasteiger partial charge >= 0.3 is 19.5 Å². The molecule has 320 valence electrons. The number of carbonyl (C=O) groups excluding carboxylic acids is 2. The van der Waals surface area contributed by atoms with Gasteiger partial charge in [0.05, 0.1) is 25.0 Å². The van der Waals surface area contributed by atoms with Crippen molar-refractivity contribution in [3.8, 4) is 0 Å². The number of methoxy groups -OCH3 is 2. The standard InChI is InChI=1S/C66H9O7P/c1-72-62(67)61(74(69,70)71)66(63(68)73-2)64-57-49-41-31-21-13-5-3-4-7-11-9(5)17-25-19(11)29-23-15(7)16-8(4)12-10-6(3)14(13)22-28-18(10)26-20(12)30-24(16)34-33(23)43-37(29)47-39(25)45(35(41)27(17)21)53(57)55(47)59-51(43)52-44(34)38(30)48-40(26)46-36(28)42(32(22)31)50(49)58(64)54(46)56(48)60(52)65(59,64)66/h61H,1-2H3,(H2,69,70,71). The molecule has 8 heteroatoms. The van der Waals surface area contributed by atoms with E-state index in [1.54, 1.807) is 0 Å². The third-order valence-electron chi connectivity index (χ3n) is 26.1. The van der Waals surface area contributed by atoms with E-state index in [-0.39, 0.29) is 0 Å². The third kappa shape index (κ3) is 1.50. The zero-order chi connectivity index (χ0) is 45.6. The smallest absolute Gasteiger partial charge is 0.341 e. The van der Waals surface area contributed by atoms with Gasteiger partial charge in [0.15, 0.2) is 5.66 Å². The SMILES string of the molecule is COC(=O)C(C1(C(=O)OC)C23c4c5c6c7c8c9c(c%10c%11c2c2c4c4c%12c5c5c6c6c8c8c%13c9c9c%10c%10c%11c%11c2c2c4c4c%12c%12c5c5c6c8c6c8c%13c9c9c%10c%10c%11c2c2c4c4c%12c5c6c5c8c9c%10c2c45)C731)P(=O)(O)O. The van der Waals surface area contributed by atoms with Gasteiger partial charge < -0.3 is 19.3 Å². The molecule has 2 spiro atoms. The van der Waals surface area contributed by atoms with Gasteiger partial charge in [-0.1, -0.05) is 0 Å². The van der Waals surface area contributed by atoms with Gasteiger partial charge in [-0.3, -0.25) is 14.2 Å². The fourth-order valence-electron chi connectivity index (χ4n) is 26.3. The maximum atomic E-state index is 16.7. The molecule has 5 aliphatic carbocycles. The number of hydrogen-bond acceptors (Lipinski definition) is 5. The number of carbonyl (C=O) groups is 2. The average molecular weight is 945 g/mol. The van der Waals surface area contributed by atoms with Gasteiger partial charge in [-0.25, -0.2) is 0 Å². The molecule has 0 bridgehead atoms. The van der Waals surface area contributed by atoms with Crippen molar-refractivity contribution in [2.45, 2.75) is 16.5 Å². The highest BCUT2D eigenvalue weighted by molar-refractivity contribution is 7.54. The third-order valence-corrected chi connectivity index (χ3v) is 27.4. The Bertz CT molecular complexity index is 6970. The summed E-state index contributed by atoms with van der Waals surface area (Å²) < 4.78 is 27.3. The molecule has 0 radical (unpaired) electrons. The molecule has 0 heterocycles. The van der Waals surface area contributed by atoms with Crippen molar-refractivity contribution >= 4 is 310 Å². The first-order valence-corrected chi connectivity index (χ1v) is 28.0. The Morgan fingerprint density at radius 2 is 0.446 bits per heavy atom. The van der Waals surface area contributed by atoms with Crippen LogP contribution in [0.2, 0.25) is 0 Å². The topological polar surface area (TPSA) is 110 Å². The van der Waals surface area contributed by atoms with Crippen LogP contribution in [0.15, 0.2) is 0 Å². The van der Waals surface area contributed by atoms with E-state index in [1.807, 2.05) is 0 Å². The van der Waals surface area contributed by atoms with Crippen LogP contribution >= 0.6 is 7.60 Å². The van der Waals surface area contributed by atoms with Crippen molar-refractivity contribution in [1.29, 1.82) is 0 Å². The van der Waals surface area contributed by atoms with Gasteiger partial charge in [0.1, 0.15) is 5.41 Å². The molecule has 0 amide bonds. The van der Waals surface area contributed by atoms with Crippen molar-refractivity contribution in [3.05, 3.63) is 22.3 Å². The molecule has 28 aromatic rings. The predicted molar refractivity (Wildman–Crippen MR) is 296 cm³/mol. The maximum Gasteiger partial charge on any atom is 0.341 e. The monoisotopic (exact) mass is 944 g/mol. The first kappa shape index (κ1) is 29.3. The minimum absolute atomic E-state index is 0.730. The molecule has 1 saturated carbocycles. The first-order valence-electron chi connectivity index (χ1n) is 26.3. The summed E-state index contributed by atoms with van der Waals surface area (Å²) in [5.41, 5.74) is -3.00. The normalized spacial score (nSPS) is 24.2. The van der Waals surface area contributed by atoms with Crippen LogP contribution in [0.25, 0.3) is 291 Å². The van der Waals surface area contributed by atoms with E-state index in [0.29, 0.717) is 0 Å². The second-order valence-corrected chi connectivity index (χ2v) is 27.8. The molecular formula is C66H9O7P. The highest BCUT2D eigenvalue weighted by Crippen LogP contribution is 2.98. The molecule has 1 unspecified atom stereocenters.